The Morgan fingerprint density at radius 2 is 2.42 bits per heavy atom. The minimum absolute atomic E-state index is 0.352. The molecule has 2 rings (SSSR count). The summed E-state index contributed by atoms with van der Waals surface area (Å²) in [6, 6.07) is 3.87. The highest BCUT2D eigenvalue weighted by Gasteiger charge is 2.15. The van der Waals surface area contributed by atoms with E-state index in [1.807, 2.05) is 0 Å². The van der Waals surface area contributed by atoms with E-state index in [-0.39, 0.29) is 0 Å². The summed E-state index contributed by atoms with van der Waals surface area (Å²) in [5.74, 6) is -0.0657. The number of ether oxygens (including phenoxy) is 2. The van der Waals surface area contributed by atoms with Crippen LogP contribution in [-0.4, -0.2) is 37.3 Å². The van der Waals surface area contributed by atoms with Crippen LogP contribution >= 0.6 is 0 Å². The Balaban J connectivity index is 1.86. The van der Waals surface area contributed by atoms with Gasteiger partial charge in [-0.25, -0.2) is 9.78 Å². The van der Waals surface area contributed by atoms with Crippen LogP contribution in [-0.2, 0) is 4.74 Å². The molecule has 0 aromatic carbocycles. The van der Waals surface area contributed by atoms with Crippen LogP contribution < -0.4 is 10.1 Å². The molecule has 0 spiro atoms. The van der Waals surface area contributed by atoms with Crippen molar-refractivity contribution in [2.75, 3.05) is 20.3 Å². The largest absolute Gasteiger partial charge is 0.477 e. The number of methoxy groups -OCH3 is 1. The number of aromatic nitrogens is 1. The van der Waals surface area contributed by atoms with Gasteiger partial charge in [0.25, 0.3) is 0 Å². The molecule has 5 heteroatoms. The fourth-order valence-corrected chi connectivity index (χ4v) is 2.24. The molecular weight excluding hydrogens is 244 g/mol. The van der Waals surface area contributed by atoms with Crippen molar-refractivity contribution in [1.82, 2.24) is 10.3 Å². The third-order valence-corrected chi connectivity index (χ3v) is 3.29. The molecule has 2 heterocycles. The van der Waals surface area contributed by atoms with Crippen molar-refractivity contribution in [3.05, 3.63) is 23.9 Å². The lowest BCUT2D eigenvalue weighted by atomic mass is 10.0. The molecule has 0 radical (unpaired) electrons. The Labute approximate surface area is 113 Å². The first-order valence-corrected chi connectivity index (χ1v) is 6.71. The number of rotatable bonds is 5. The lowest BCUT2D eigenvalue weighted by Gasteiger charge is -2.23. The molecule has 0 aliphatic carbocycles. The molecule has 5 nitrogen and oxygen atoms in total. The number of piperidine rings is 1. The molecular formula is C14H20N2O3. The standard InChI is InChI=1S/C14H20N2O3/c1-18-14(17)12-6-4-9-16-13(12)19-10-7-11-5-2-3-8-15-11/h4,6,9,11,15H,2-3,5,7-8,10H2,1H3. The van der Waals surface area contributed by atoms with E-state index in [1.165, 1.54) is 26.4 Å². The second-order valence-electron chi connectivity index (χ2n) is 4.63. The molecule has 104 valence electrons. The van der Waals surface area contributed by atoms with Crippen LogP contribution in [0.25, 0.3) is 0 Å². The Morgan fingerprint density at radius 3 is 3.16 bits per heavy atom. The minimum Gasteiger partial charge on any atom is -0.477 e. The second kappa shape index (κ2) is 7.09. The summed E-state index contributed by atoms with van der Waals surface area (Å²) in [6.07, 6.45) is 6.26. The zero-order valence-corrected chi connectivity index (χ0v) is 11.2. The van der Waals surface area contributed by atoms with Gasteiger partial charge in [0.15, 0.2) is 0 Å². The summed E-state index contributed by atoms with van der Waals surface area (Å²) in [6.45, 7) is 1.64. The molecule has 1 aliphatic rings. The number of pyridine rings is 1. The second-order valence-corrected chi connectivity index (χ2v) is 4.63. The zero-order chi connectivity index (χ0) is 13.5. The highest BCUT2D eigenvalue weighted by atomic mass is 16.5. The molecule has 1 unspecified atom stereocenters. The topological polar surface area (TPSA) is 60.5 Å². The van der Waals surface area contributed by atoms with Gasteiger partial charge in [-0.2, -0.15) is 0 Å². The SMILES string of the molecule is COC(=O)c1cccnc1OCCC1CCCCN1. The predicted molar refractivity (Wildman–Crippen MR) is 71.3 cm³/mol. The van der Waals surface area contributed by atoms with Crippen LogP contribution in [0.1, 0.15) is 36.0 Å². The molecule has 1 N–H and O–H groups in total. The Hall–Kier alpha value is -1.62. The van der Waals surface area contributed by atoms with Gasteiger partial charge in [0.2, 0.25) is 5.88 Å². The van der Waals surface area contributed by atoms with Gasteiger partial charge in [-0.15, -0.1) is 0 Å². The van der Waals surface area contributed by atoms with Gasteiger partial charge in [0, 0.05) is 12.2 Å². The van der Waals surface area contributed by atoms with Crippen LogP contribution in [0.2, 0.25) is 0 Å². The van der Waals surface area contributed by atoms with Crippen molar-refractivity contribution in [2.45, 2.75) is 31.7 Å². The lowest BCUT2D eigenvalue weighted by Crippen LogP contribution is -2.35. The Kier molecular flexibility index (Phi) is 5.15. The highest BCUT2D eigenvalue weighted by molar-refractivity contribution is 5.91. The van der Waals surface area contributed by atoms with Crippen molar-refractivity contribution in [3.63, 3.8) is 0 Å². The van der Waals surface area contributed by atoms with E-state index in [9.17, 15) is 4.79 Å². The molecule has 0 saturated carbocycles. The minimum atomic E-state index is -0.418. The van der Waals surface area contributed by atoms with Crippen molar-refractivity contribution in [1.29, 1.82) is 0 Å². The Bertz CT molecular complexity index is 417. The van der Waals surface area contributed by atoms with Gasteiger partial charge in [0.1, 0.15) is 5.56 Å². The molecule has 1 atom stereocenters. The quantitative estimate of drug-likeness (QED) is 0.821. The zero-order valence-electron chi connectivity index (χ0n) is 11.2. The summed E-state index contributed by atoms with van der Waals surface area (Å²) >= 11 is 0. The summed E-state index contributed by atoms with van der Waals surface area (Å²) < 4.78 is 10.3. The number of hydrogen-bond acceptors (Lipinski definition) is 5. The smallest absolute Gasteiger partial charge is 0.343 e. The first-order valence-electron chi connectivity index (χ1n) is 6.71. The van der Waals surface area contributed by atoms with E-state index >= 15 is 0 Å². The number of esters is 1. The molecule has 1 aromatic rings. The number of carbonyl (C=O) groups is 1. The van der Waals surface area contributed by atoms with Gasteiger partial charge in [-0.3, -0.25) is 0 Å². The van der Waals surface area contributed by atoms with E-state index in [2.05, 4.69) is 10.3 Å². The fourth-order valence-electron chi connectivity index (χ4n) is 2.24. The molecule has 19 heavy (non-hydrogen) atoms. The Morgan fingerprint density at radius 1 is 1.53 bits per heavy atom. The molecule has 1 aromatic heterocycles. The van der Waals surface area contributed by atoms with Gasteiger partial charge < -0.3 is 14.8 Å². The molecule has 1 fully saturated rings. The maximum Gasteiger partial charge on any atom is 0.343 e. The average Bonchev–Trinajstić information content (AvgIpc) is 2.48. The van der Waals surface area contributed by atoms with Gasteiger partial charge in [0.05, 0.1) is 13.7 Å². The summed E-state index contributed by atoms with van der Waals surface area (Å²) in [5, 5.41) is 3.46. The summed E-state index contributed by atoms with van der Waals surface area (Å²) in [7, 11) is 1.35. The number of carbonyl (C=O) groups excluding carboxylic acids is 1. The third kappa shape index (κ3) is 3.92. The van der Waals surface area contributed by atoms with E-state index in [1.54, 1.807) is 18.3 Å². The maximum atomic E-state index is 11.5. The van der Waals surface area contributed by atoms with Crippen LogP contribution in [0.5, 0.6) is 5.88 Å². The van der Waals surface area contributed by atoms with Gasteiger partial charge in [-0.05, 0) is 37.9 Å². The maximum absolute atomic E-state index is 11.5. The van der Waals surface area contributed by atoms with Crippen LogP contribution in [0, 0.1) is 0 Å². The number of hydrogen-bond donors (Lipinski definition) is 1. The molecule has 0 amide bonds. The first-order chi connectivity index (χ1) is 9.31. The molecule has 1 aliphatic heterocycles. The summed E-state index contributed by atoms with van der Waals surface area (Å²) in [4.78, 5) is 15.6. The predicted octanol–water partition coefficient (Wildman–Crippen LogP) is 1.78. The number of nitrogens with zero attached hydrogens (tertiary/aromatic N) is 1. The van der Waals surface area contributed by atoms with E-state index in [0.29, 0.717) is 24.1 Å². The fraction of sp³-hybridized carbons (Fsp3) is 0.571. The van der Waals surface area contributed by atoms with E-state index in [4.69, 9.17) is 9.47 Å². The van der Waals surface area contributed by atoms with Crippen molar-refractivity contribution in [2.24, 2.45) is 0 Å². The van der Waals surface area contributed by atoms with E-state index < -0.39 is 5.97 Å². The van der Waals surface area contributed by atoms with Crippen LogP contribution in [0.4, 0.5) is 0 Å². The highest BCUT2D eigenvalue weighted by Crippen LogP contribution is 2.16. The van der Waals surface area contributed by atoms with E-state index in [0.717, 1.165) is 13.0 Å². The third-order valence-electron chi connectivity index (χ3n) is 3.29. The van der Waals surface area contributed by atoms with Crippen molar-refractivity contribution >= 4 is 5.97 Å². The van der Waals surface area contributed by atoms with Crippen molar-refractivity contribution in [3.8, 4) is 5.88 Å². The molecule has 0 bridgehead atoms. The normalized spacial score (nSPS) is 18.9. The molecule has 1 saturated heterocycles. The number of nitrogens with one attached hydrogen (secondary N) is 1. The summed E-state index contributed by atoms with van der Waals surface area (Å²) in [5.41, 5.74) is 0.376. The first kappa shape index (κ1) is 13.8. The van der Waals surface area contributed by atoms with Gasteiger partial charge in [-0.1, -0.05) is 6.42 Å². The lowest BCUT2D eigenvalue weighted by molar-refractivity contribution is 0.0594. The van der Waals surface area contributed by atoms with Gasteiger partial charge >= 0.3 is 5.97 Å². The van der Waals surface area contributed by atoms with Crippen molar-refractivity contribution < 1.29 is 14.3 Å². The van der Waals surface area contributed by atoms with Crippen LogP contribution in [0.3, 0.4) is 0 Å². The monoisotopic (exact) mass is 264 g/mol. The van der Waals surface area contributed by atoms with Crippen LogP contribution in [0.15, 0.2) is 18.3 Å². The average molecular weight is 264 g/mol.